The van der Waals surface area contributed by atoms with Gasteiger partial charge in [-0.15, -0.1) is 0 Å². The number of rotatable bonds is 7. The lowest BCUT2D eigenvalue weighted by molar-refractivity contribution is -0.953. The second-order valence-electron chi connectivity index (χ2n) is 4.83. The molecule has 102 valence electrons. The zero-order valence-corrected chi connectivity index (χ0v) is 13.0. The van der Waals surface area contributed by atoms with Crippen LogP contribution in [-0.4, -0.2) is 33.2 Å². The molecule has 1 aromatic rings. The van der Waals surface area contributed by atoms with Gasteiger partial charge in [-0.1, -0.05) is 29.3 Å². The predicted molar refractivity (Wildman–Crippen MR) is 78.8 cm³/mol. The molecule has 0 radical (unpaired) electrons. The van der Waals surface area contributed by atoms with Crippen molar-refractivity contribution in [2.24, 2.45) is 0 Å². The largest absolute Gasteiger partial charge is 0.331 e. The second-order valence-corrected chi connectivity index (χ2v) is 5.67. The minimum atomic E-state index is 0.703. The van der Waals surface area contributed by atoms with Gasteiger partial charge in [0.15, 0.2) is 0 Å². The van der Waals surface area contributed by atoms with Crippen LogP contribution in [0.5, 0.6) is 0 Å². The van der Waals surface area contributed by atoms with Crippen molar-refractivity contribution in [3.8, 4) is 0 Å². The van der Waals surface area contributed by atoms with Crippen molar-refractivity contribution in [3.05, 3.63) is 33.8 Å². The molecular weight excluding hydrogens is 267 g/mol. The number of benzene rings is 1. The van der Waals surface area contributed by atoms with E-state index in [1.807, 2.05) is 18.2 Å². The minimum Gasteiger partial charge on any atom is -0.331 e. The van der Waals surface area contributed by atoms with Gasteiger partial charge in [0.2, 0.25) is 0 Å². The maximum absolute atomic E-state index is 6.19. The van der Waals surface area contributed by atoms with Crippen LogP contribution < -0.4 is 9.80 Å². The average molecular weight is 291 g/mol. The fourth-order valence-corrected chi connectivity index (χ4v) is 2.55. The highest BCUT2D eigenvalue weighted by Gasteiger charge is 2.11. The lowest BCUT2D eigenvalue weighted by atomic mass is 10.2. The van der Waals surface area contributed by atoms with Gasteiger partial charge in [0.25, 0.3) is 0 Å². The third-order valence-electron chi connectivity index (χ3n) is 3.41. The standard InChI is InChI=1S/C14H22Cl2N2/c1-4-18(5-2)9-8-17(3)11-12-6-7-13(15)10-14(12)16/h6-7,10H,4-5,8-9,11H2,1-3H3/p+2. The first-order valence-electron chi connectivity index (χ1n) is 6.65. The number of nitrogens with one attached hydrogen (secondary N) is 2. The Morgan fingerprint density at radius 3 is 2.28 bits per heavy atom. The molecule has 0 spiro atoms. The van der Waals surface area contributed by atoms with Crippen molar-refractivity contribution >= 4 is 23.2 Å². The quantitative estimate of drug-likeness (QED) is 0.740. The van der Waals surface area contributed by atoms with Crippen molar-refractivity contribution in [1.29, 1.82) is 0 Å². The molecule has 0 aromatic heterocycles. The molecule has 0 aliphatic heterocycles. The summed E-state index contributed by atoms with van der Waals surface area (Å²) in [7, 11) is 2.22. The second kappa shape index (κ2) is 8.00. The van der Waals surface area contributed by atoms with Crippen LogP contribution in [0.25, 0.3) is 0 Å². The molecule has 0 bridgehead atoms. The summed E-state index contributed by atoms with van der Waals surface area (Å²) in [6.45, 7) is 10.2. The van der Waals surface area contributed by atoms with E-state index in [9.17, 15) is 0 Å². The molecule has 0 saturated heterocycles. The van der Waals surface area contributed by atoms with E-state index in [4.69, 9.17) is 23.2 Å². The van der Waals surface area contributed by atoms with E-state index in [1.165, 1.54) is 30.1 Å². The Hall–Kier alpha value is -0.280. The fraction of sp³-hybridized carbons (Fsp3) is 0.571. The molecule has 0 heterocycles. The maximum atomic E-state index is 6.19. The summed E-state index contributed by atoms with van der Waals surface area (Å²) >= 11 is 12.1. The summed E-state index contributed by atoms with van der Waals surface area (Å²) in [5.74, 6) is 0. The highest BCUT2D eigenvalue weighted by Crippen LogP contribution is 2.19. The van der Waals surface area contributed by atoms with Gasteiger partial charge in [-0.3, -0.25) is 0 Å². The van der Waals surface area contributed by atoms with Crippen LogP contribution in [0.1, 0.15) is 19.4 Å². The maximum Gasteiger partial charge on any atom is 0.127 e. The van der Waals surface area contributed by atoms with E-state index in [0.29, 0.717) is 5.02 Å². The first-order valence-corrected chi connectivity index (χ1v) is 7.41. The number of quaternary nitrogens is 2. The van der Waals surface area contributed by atoms with Gasteiger partial charge in [-0.2, -0.15) is 0 Å². The van der Waals surface area contributed by atoms with Gasteiger partial charge in [-0.25, -0.2) is 0 Å². The molecule has 0 fully saturated rings. The van der Waals surface area contributed by atoms with Crippen LogP contribution >= 0.6 is 23.2 Å². The van der Waals surface area contributed by atoms with Crippen LogP contribution in [0, 0.1) is 0 Å². The van der Waals surface area contributed by atoms with E-state index in [0.717, 1.165) is 18.1 Å². The van der Waals surface area contributed by atoms with Crippen molar-refractivity contribution < 1.29 is 9.80 Å². The molecule has 2 nitrogen and oxygen atoms in total. The number of likely N-dealkylation sites (N-methyl/N-ethyl adjacent to an activating group) is 2. The third kappa shape index (κ3) is 5.15. The first kappa shape index (κ1) is 15.8. The van der Waals surface area contributed by atoms with Crippen LogP contribution in [0.3, 0.4) is 0 Å². The molecule has 1 aromatic carbocycles. The van der Waals surface area contributed by atoms with Crippen LogP contribution in [-0.2, 0) is 6.54 Å². The Bertz CT molecular complexity index is 365. The van der Waals surface area contributed by atoms with Crippen LogP contribution in [0.15, 0.2) is 18.2 Å². The zero-order chi connectivity index (χ0) is 13.5. The minimum absolute atomic E-state index is 0.703. The Kier molecular flexibility index (Phi) is 7.02. The van der Waals surface area contributed by atoms with Gasteiger partial charge >= 0.3 is 0 Å². The van der Waals surface area contributed by atoms with Crippen LogP contribution in [0.4, 0.5) is 0 Å². The predicted octanol–water partition coefficient (Wildman–Crippen LogP) is 0.933. The average Bonchev–Trinajstić information content (AvgIpc) is 2.34. The number of hydrogen-bond donors (Lipinski definition) is 2. The SMILES string of the molecule is CC[NH+](CC)CC[NH+](C)Cc1ccc(Cl)cc1Cl. The van der Waals surface area contributed by atoms with E-state index in [1.54, 1.807) is 4.90 Å². The molecular formula is C14H24Cl2N2+2. The van der Waals surface area contributed by atoms with E-state index in [2.05, 4.69) is 20.9 Å². The first-order chi connectivity index (χ1) is 8.56. The normalized spacial score (nSPS) is 13.0. The third-order valence-corrected chi connectivity index (χ3v) is 4.00. The molecule has 0 amide bonds. The Morgan fingerprint density at radius 2 is 1.72 bits per heavy atom. The van der Waals surface area contributed by atoms with Gasteiger partial charge in [0.05, 0.1) is 25.2 Å². The summed E-state index contributed by atoms with van der Waals surface area (Å²) in [5.41, 5.74) is 1.17. The molecule has 1 atom stereocenters. The van der Waals surface area contributed by atoms with Gasteiger partial charge in [0, 0.05) is 10.6 Å². The summed E-state index contributed by atoms with van der Waals surface area (Å²) in [4.78, 5) is 3.13. The summed E-state index contributed by atoms with van der Waals surface area (Å²) < 4.78 is 0. The summed E-state index contributed by atoms with van der Waals surface area (Å²) in [5, 5.41) is 1.48. The zero-order valence-electron chi connectivity index (χ0n) is 11.5. The monoisotopic (exact) mass is 290 g/mol. The highest BCUT2D eigenvalue weighted by atomic mass is 35.5. The fourth-order valence-electron chi connectivity index (χ4n) is 2.07. The molecule has 2 N–H and O–H groups in total. The van der Waals surface area contributed by atoms with Crippen molar-refractivity contribution in [2.75, 3.05) is 33.2 Å². The molecule has 0 aliphatic carbocycles. The molecule has 0 aliphatic rings. The lowest BCUT2D eigenvalue weighted by Gasteiger charge is -2.19. The van der Waals surface area contributed by atoms with Crippen molar-refractivity contribution in [1.82, 2.24) is 0 Å². The number of halogens is 2. The Labute approximate surface area is 120 Å². The van der Waals surface area contributed by atoms with Gasteiger partial charge in [0.1, 0.15) is 19.6 Å². The molecule has 1 unspecified atom stereocenters. The summed E-state index contributed by atoms with van der Waals surface area (Å²) in [6.07, 6.45) is 0. The lowest BCUT2D eigenvalue weighted by Crippen LogP contribution is -3.18. The summed E-state index contributed by atoms with van der Waals surface area (Å²) in [6, 6.07) is 5.76. The Morgan fingerprint density at radius 1 is 1.06 bits per heavy atom. The van der Waals surface area contributed by atoms with Crippen LogP contribution in [0.2, 0.25) is 10.0 Å². The topological polar surface area (TPSA) is 8.88 Å². The number of hydrogen-bond acceptors (Lipinski definition) is 0. The van der Waals surface area contributed by atoms with Gasteiger partial charge in [-0.05, 0) is 26.0 Å². The van der Waals surface area contributed by atoms with E-state index < -0.39 is 0 Å². The van der Waals surface area contributed by atoms with Crippen molar-refractivity contribution in [2.45, 2.75) is 20.4 Å². The molecule has 0 saturated carbocycles. The Balaban J connectivity index is 2.46. The molecule has 18 heavy (non-hydrogen) atoms. The van der Waals surface area contributed by atoms with Gasteiger partial charge < -0.3 is 9.80 Å². The molecule has 1 rings (SSSR count). The van der Waals surface area contributed by atoms with E-state index in [-0.39, 0.29) is 0 Å². The van der Waals surface area contributed by atoms with E-state index >= 15 is 0 Å². The highest BCUT2D eigenvalue weighted by molar-refractivity contribution is 6.35. The molecule has 4 heteroatoms. The smallest absolute Gasteiger partial charge is 0.127 e. The van der Waals surface area contributed by atoms with Crippen molar-refractivity contribution in [3.63, 3.8) is 0 Å².